The highest BCUT2D eigenvalue weighted by atomic mass is 16.3. The van der Waals surface area contributed by atoms with Crippen molar-refractivity contribution < 1.29 is 9.90 Å². The van der Waals surface area contributed by atoms with Gasteiger partial charge in [0.1, 0.15) is 18.0 Å². The standard InChI is InChI=1S/C13H15N3O2/c1-9(17)13-15-7-8-16(13)11(12(14)18)10-5-3-2-4-6-10/h2-9,11,17H,1H3,(H2,14,18). The molecule has 5 heteroatoms. The zero-order valence-electron chi connectivity index (χ0n) is 10.0. The summed E-state index contributed by atoms with van der Waals surface area (Å²) >= 11 is 0. The first-order valence-electron chi connectivity index (χ1n) is 5.66. The van der Waals surface area contributed by atoms with E-state index in [2.05, 4.69) is 4.98 Å². The average Bonchev–Trinajstić information content (AvgIpc) is 2.79. The van der Waals surface area contributed by atoms with Crippen LogP contribution in [0.4, 0.5) is 0 Å². The molecule has 94 valence electrons. The first kappa shape index (κ1) is 12.3. The number of carbonyl (C=O) groups excluding carboxylic acids is 1. The van der Waals surface area contributed by atoms with Gasteiger partial charge in [-0.3, -0.25) is 4.79 Å². The maximum atomic E-state index is 11.7. The summed E-state index contributed by atoms with van der Waals surface area (Å²) in [7, 11) is 0. The van der Waals surface area contributed by atoms with Gasteiger partial charge in [-0.25, -0.2) is 4.98 Å². The Hall–Kier alpha value is -2.14. The van der Waals surface area contributed by atoms with E-state index in [-0.39, 0.29) is 0 Å². The number of imidazole rings is 1. The number of aliphatic hydroxyl groups excluding tert-OH is 1. The number of carbonyl (C=O) groups is 1. The third kappa shape index (κ3) is 2.26. The van der Waals surface area contributed by atoms with Crippen LogP contribution in [0.1, 0.15) is 30.5 Å². The van der Waals surface area contributed by atoms with Crippen LogP contribution in [0, 0.1) is 0 Å². The second kappa shape index (κ2) is 5.01. The van der Waals surface area contributed by atoms with Gasteiger partial charge in [0, 0.05) is 12.4 Å². The van der Waals surface area contributed by atoms with Gasteiger partial charge in [-0.05, 0) is 12.5 Å². The molecule has 1 amide bonds. The Morgan fingerprint density at radius 3 is 2.61 bits per heavy atom. The Bertz CT molecular complexity index is 534. The summed E-state index contributed by atoms with van der Waals surface area (Å²) in [4.78, 5) is 15.7. The van der Waals surface area contributed by atoms with Gasteiger partial charge in [-0.15, -0.1) is 0 Å². The van der Waals surface area contributed by atoms with Gasteiger partial charge in [0.15, 0.2) is 0 Å². The zero-order chi connectivity index (χ0) is 13.1. The van der Waals surface area contributed by atoms with Gasteiger partial charge >= 0.3 is 0 Å². The highest BCUT2D eigenvalue weighted by molar-refractivity contribution is 5.82. The number of aromatic nitrogens is 2. The molecule has 0 saturated carbocycles. The Labute approximate surface area is 105 Å². The maximum absolute atomic E-state index is 11.7. The van der Waals surface area contributed by atoms with Crippen molar-refractivity contribution in [2.75, 3.05) is 0 Å². The van der Waals surface area contributed by atoms with E-state index >= 15 is 0 Å². The lowest BCUT2D eigenvalue weighted by molar-refractivity contribution is -0.120. The van der Waals surface area contributed by atoms with Crippen molar-refractivity contribution in [1.29, 1.82) is 0 Å². The second-order valence-electron chi connectivity index (χ2n) is 4.08. The van der Waals surface area contributed by atoms with Crippen LogP contribution >= 0.6 is 0 Å². The summed E-state index contributed by atoms with van der Waals surface area (Å²) in [6, 6.07) is 8.53. The maximum Gasteiger partial charge on any atom is 0.245 e. The molecule has 2 rings (SSSR count). The highest BCUT2D eigenvalue weighted by Crippen LogP contribution is 2.22. The number of amides is 1. The smallest absolute Gasteiger partial charge is 0.245 e. The minimum Gasteiger partial charge on any atom is -0.385 e. The molecule has 2 aromatic rings. The molecule has 0 radical (unpaired) electrons. The van der Waals surface area contributed by atoms with Crippen molar-refractivity contribution in [2.45, 2.75) is 19.1 Å². The summed E-state index contributed by atoms with van der Waals surface area (Å²) in [6.45, 7) is 1.60. The first-order valence-corrected chi connectivity index (χ1v) is 5.66. The monoisotopic (exact) mass is 245 g/mol. The molecule has 0 saturated heterocycles. The van der Waals surface area contributed by atoms with Crippen molar-refractivity contribution in [2.24, 2.45) is 5.73 Å². The number of nitrogens with zero attached hydrogens (tertiary/aromatic N) is 2. The van der Waals surface area contributed by atoms with E-state index in [0.717, 1.165) is 5.56 Å². The van der Waals surface area contributed by atoms with Crippen LogP contribution in [0.2, 0.25) is 0 Å². The number of hydrogen-bond acceptors (Lipinski definition) is 3. The van der Waals surface area contributed by atoms with Crippen molar-refractivity contribution in [3.63, 3.8) is 0 Å². The lowest BCUT2D eigenvalue weighted by Crippen LogP contribution is -2.28. The fourth-order valence-electron chi connectivity index (χ4n) is 1.96. The lowest BCUT2D eigenvalue weighted by atomic mass is 10.1. The van der Waals surface area contributed by atoms with Gasteiger partial charge < -0.3 is 15.4 Å². The molecular formula is C13H15N3O2. The Balaban J connectivity index is 2.49. The fraction of sp³-hybridized carbons (Fsp3) is 0.231. The number of rotatable bonds is 4. The summed E-state index contributed by atoms with van der Waals surface area (Å²) in [5.41, 5.74) is 6.23. The predicted octanol–water partition coefficient (Wildman–Crippen LogP) is 1.01. The van der Waals surface area contributed by atoms with Crippen molar-refractivity contribution in [1.82, 2.24) is 9.55 Å². The molecule has 2 unspecified atom stereocenters. The molecule has 0 aliphatic rings. The molecule has 3 N–H and O–H groups in total. The molecule has 0 spiro atoms. The summed E-state index contributed by atoms with van der Waals surface area (Å²) in [6.07, 6.45) is 2.43. The molecule has 5 nitrogen and oxygen atoms in total. The van der Waals surface area contributed by atoms with Crippen LogP contribution in [0.5, 0.6) is 0 Å². The van der Waals surface area contributed by atoms with E-state index < -0.39 is 18.1 Å². The van der Waals surface area contributed by atoms with Gasteiger partial charge in [0.05, 0.1) is 0 Å². The molecule has 0 bridgehead atoms. The van der Waals surface area contributed by atoms with Gasteiger partial charge in [-0.1, -0.05) is 30.3 Å². The minimum absolute atomic E-state index is 0.419. The van der Waals surface area contributed by atoms with Crippen molar-refractivity contribution >= 4 is 5.91 Å². The highest BCUT2D eigenvalue weighted by Gasteiger charge is 2.23. The first-order chi connectivity index (χ1) is 8.61. The topological polar surface area (TPSA) is 81.1 Å². The number of aliphatic hydroxyl groups is 1. The van der Waals surface area contributed by atoms with E-state index in [0.29, 0.717) is 5.82 Å². The molecule has 0 fully saturated rings. The summed E-state index contributed by atoms with van der Waals surface area (Å²) in [5.74, 6) is -0.0660. The van der Waals surface area contributed by atoms with E-state index in [9.17, 15) is 9.90 Å². The van der Waals surface area contributed by atoms with E-state index in [1.807, 2.05) is 30.3 Å². The third-order valence-electron chi connectivity index (χ3n) is 2.74. The predicted molar refractivity (Wildman–Crippen MR) is 66.6 cm³/mol. The summed E-state index contributed by atoms with van der Waals surface area (Å²) < 4.78 is 1.60. The van der Waals surface area contributed by atoms with Gasteiger partial charge in [0.25, 0.3) is 0 Å². The minimum atomic E-state index is -0.759. The molecule has 1 aromatic heterocycles. The normalized spacial score (nSPS) is 14.1. The molecule has 2 atom stereocenters. The van der Waals surface area contributed by atoms with Gasteiger partial charge in [0.2, 0.25) is 5.91 Å². The molecular weight excluding hydrogens is 230 g/mol. The number of nitrogens with two attached hydrogens (primary N) is 1. The largest absolute Gasteiger partial charge is 0.385 e. The van der Waals surface area contributed by atoms with Crippen LogP contribution in [0.3, 0.4) is 0 Å². The third-order valence-corrected chi connectivity index (χ3v) is 2.74. The van der Waals surface area contributed by atoms with Crippen molar-refractivity contribution in [3.8, 4) is 0 Å². The summed E-state index contributed by atoms with van der Waals surface area (Å²) in [5, 5.41) is 9.64. The van der Waals surface area contributed by atoms with Crippen LogP contribution in [0.15, 0.2) is 42.7 Å². The second-order valence-corrected chi connectivity index (χ2v) is 4.08. The quantitative estimate of drug-likeness (QED) is 0.843. The van der Waals surface area contributed by atoms with Gasteiger partial charge in [-0.2, -0.15) is 0 Å². The number of hydrogen-bond donors (Lipinski definition) is 2. The number of primary amides is 1. The molecule has 0 aliphatic heterocycles. The average molecular weight is 245 g/mol. The zero-order valence-corrected chi connectivity index (χ0v) is 10.0. The Morgan fingerprint density at radius 1 is 1.39 bits per heavy atom. The fourth-order valence-corrected chi connectivity index (χ4v) is 1.96. The molecule has 1 aromatic carbocycles. The van der Waals surface area contributed by atoms with Crippen LogP contribution < -0.4 is 5.73 Å². The molecule has 18 heavy (non-hydrogen) atoms. The SMILES string of the molecule is CC(O)c1nccn1C(C(N)=O)c1ccccc1. The Morgan fingerprint density at radius 2 is 2.06 bits per heavy atom. The lowest BCUT2D eigenvalue weighted by Gasteiger charge is -2.19. The number of benzene rings is 1. The van der Waals surface area contributed by atoms with Crippen LogP contribution in [-0.2, 0) is 4.79 Å². The van der Waals surface area contributed by atoms with E-state index in [1.54, 1.807) is 23.9 Å². The molecule has 0 aliphatic carbocycles. The Kier molecular flexibility index (Phi) is 3.43. The van der Waals surface area contributed by atoms with Crippen LogP contribution in [-0.4, -0.2) is 20.6 Å². The van der Waals surface area contributed by atoms with Crippen molar-refractivity contribution in [3.05, 3.63) is 54.1 Å². The van der Waals surface area contributed by atoms with E-state index in [4.69, 9.17) is 5.73 Å². The molecule has 1 heterocycles. The van der Waals surface area contributed by atoms with E-state index in [1.165, 1.54) is 0 Å². The van der Waals surface area contributed by atoms with Crippen LogP contribution in [0.25, 0.3) is 0 Å².